The van der Waals surface area contributed by atoms with Gasteiger partial charge in [0.25, 0.3) is 5.91 Å². The van der Waals surface area contributed by atoms with E-state index in [4.69, 9.17) is 16.3 Å². The van der Waals surface area contributed by atoms with Gasteiger partial charge in [-0.2, -0.15) is 0 Å². The summed E-state index contributed by atoms with van der Waals surface area (Å²) in [6.07, 6.45) is 1.34. The van der Waals surface area contributed by atoms with Crippen LogP contribution in [0, 0.1) is 11.8 Å². The number of rotatable bonds is 8. The van der Waals surface area contributed by atoms with Crippen molar-refractivity contribution in [3.8, 4) is 0 Å². The van der Waals surface area contributed by atoms with E-state index in [1.807, 2.05) is 55.5 Å². The molecule has 2 saturated heterocycles. The molecule has 0 saturated carbocycles. The summed E-state index contributed by atoms with van der Waals surface area (Å²) in [7, 11) is -3.54. The van der Waals surface area contributed by atoms with Crippen LogP contribution in [-0.4, -0.2) is 68.0 Å². The highest BCUT2D eigenvalue weighted by Crippen LogP contribution is 2.60. The molecule has 270 valence electrons. The molecule has 0 aliphatic carbocycles. The van der Waals surface area contributed by atoms with Crippen LogP contribution in [0.3, 0.4) is 0 Å². The Morgan fingerprint density at radius 3 is 2.63 bits per heavy atom. The fourth-order valence-electron chi connectivity index (χ4n) is 8.96. The van der Waals surface area contributed by atoms with Crippen molar-refractivity contribution in [2.24, 2.45) is 11.8 Å². The molecular formula is C39H46ClFN4O5Si. The van der Waals surface area contributed by atoms with Gasteiger partial charge in [0, 0.05) is 40.8 Å². The number of anilines is 2. The molecule has 4 aliphatic rings. The summed E-state index contributed by atoms with van der Waals surface area (Å²) in [5, 5.41) is 17.0. The largest absolute Gasteiger partial charge is 0.394 e. The highest BCUT2D eigenvalue weighted by atomic mass is 35.5. The van der Waals surface area contributed by atoms with Crippen molar-refractivity contribution < 1.29 is 28.3 Å². The standard InChI is InChI=1S/C39H46ClFN4O5Si/c1-24-36(51(2,3)41)34(19-35(47)44-22-28-10-5-4-9-26(28)17-31(44)23-46)50-39(24)32-18-29(40)13-14-33(32)45(38(39)49)21-25-8-6-12-30(16-25)43-37(48)27-11-7-15-42-20-27/h4-6,8-10,12-14,16,18,24,27,31,34,36,42,46H,7,11,15,17,19-23H2,1-3H3,(H,43,48)/t24-,27?,31-,34+,36-,39+/m0/s1. The minimum absolute atomic E-state index is 0.0348. The second-order valence-corrected chi connectivity index (χ2v) is 19.3. The molecule has 51 heavy (non-hydrogen) atoms. The zero-order valence-electron chi connectivity index (χ0n) is 29.3. The zero-order chi connectivity index (χ0) is 36.1. The van der Waals surface area contributed by atoms with Crippen LogP contribution in [-0.2, 0) is 44.2 Å². The fraction of sp³-hybridized carbons (Fsp3) is 0.462. The van der Waals surface area contributed by atoms with E-state index in [1.165, 1.54) is 0 Å². The van der Waals surface area contributed by atoms with Crippen LogP contribution in [0.4, 0.5) is 15.5 Å². The highest BCUT2D eigenvalue weighted by Gasteiger charge is 2.67. The molecule has 3 aromatic carbocycles. The Balaban J connectivity index is 1.17. The average molecular weight is 733 g/mol. The topological polar surface area (TPSA) is 111 Å². The smallest absolute Gasteiger partial charge is 0.264 e. The van der Waals surface area contributed by atoms with Crippen LogP contribution in [0.5, 0.6) is 0 Å². The van der Waals surface area contributed by atoms with Crippen LogP contribution in [0.1, 0.15) is 48.4 Å². The van der Waals surface area contributed by atoms with Gasteiger partial charge >= 0.3 is 0 Å². The number of carbonyl (C=O) groups excluding carboxylic acids is 3. The summed E-state index contributed by atoms with van der Waals surface area (Å²) < 4.78 is 23.3. The molecule has 3 amide bonds. The van der Waals surface area contributed by atoms with E-state index in [9.17, 15) is 19.5 Å². The van der Waals surface area contributed by atoms with E-state index in [1.54, 1.807) is 41.1 Å². The van der Waals surface area contributed by atoms with E-state index in [2.05, 4.69) is 10.6 Å². The number of fused-ring (bicyclic) bond motifs is 3. The number of nitrogens with zero attached hydrogens (tertiary/aromatic N) is 2. The highest BCUT2D eigenvalue weighted by molar-refractivity contribution is 6.72. The molecule has 12 heteroatoms. The zero-order valence-corrected chi connectivity index (χ0v) is 31.1. The lowest BCUT2D eigenvalue weighted by Gasteiger charge is -2.37. The predicted molar refractivity (Wildman–Crippen MR) is 198 cm³/mol. The van der Waals surface area contributed by atoms with Gasteiger partial charge in [-0.3, -0.25) is 14.4 Å². The van der Waals surface area contributed by atoms with Crippen molar-refractivity contribution in [3.05, 3.63) is 94.0 Å². The third-order valence-corrected chi connectivity index (χ3v) is 14.1. The third-order valence-electron chi connectivity index (χ3n) is 11.4. The third kappa shape index (κ3) is 6.63. The van der Waals surface area contributed by atoms with Gasteiger partial charge < -0.3 is 34.4 Å². The molecule has 0 radical (unpaired) electrons. The number of benzene rings is 3. The Kier molecular flexibility index (Phi) is 9.88. The summed E-state index contributed by atoms with van der Waals surface area (Å²) in [4.78, 5) is 45.3. The minimum atomic E-state index is -3.54. The summed E-state index contributed by atoms with van der Waals surface area (Å²) >= 11 is 6.56. The molecule has 3 N–H and O–H groups in total. The van der Waals surface area contributed by atoms with Gasteiger partial charge in [0.1, 0.15) is 0 Å². The van der Waals surface area contributed by atoms with Crippen LogP contribution < -0.4 is 15.5 Å². The average Bonchev–Trinajstić information content (AvgIpc) is 3.53. The summed E-state index contributed by atoms with van der Waals surface area (Å²) in [6.45, 7) is 6.99. The van der Waals surface area contributed by atoms with E-state index in [0.717, 1.165) is 36.1 Å². The lowest BCUT2D eigenvalue weighted by molar-refractivity contribution is -0.151. The first kappa shape index (κ1) is 35.8. The molecule has 0 bridgehead atoms. The Hall–Kier alpha value is -3.61. The molecule has 1 unspecified atom stereocenters. The van der Waals surface area contributed by atoms with Gasteiger partial charge in [0.2, 0.25) is 20.2 Å². The quantitative estimate of drug-likeness (QED) is 0.196. The number of amides is 3. The van der Waals surface area contributed by atoms with Gasteiger partial charge in [-0.25, -0.2) is 0 Å². The Morgan fingerprint density at radius 1 is 1.12 bits per heavy atom. The Morgan fingerprint density at radius 2 is 1.90 bits per heavy atom. The van der Waals surface area contributed by atoms with Crippen LogP contribution >= 0.6 is 11.6 Å². The van der Waals surface area contributed by atoms with Crippen molar-refractivity contribution in [1.29, 1.82) is 0 Å². The van der Waals surface area contributed by atoms with Crippen molar-refractivity contribution in [2.45, 2.75) is 82.1 Å². The first-order valence-electron chi connectivity index (χ1n) is 18.0. The van der Waals surface area contributed by atoms with Gasteiger partial charge in [0.05, 0.1) is 43.3 Å². The van der Waals surface area contributed by atoms with Gasteiger partial charge in [0.15, 0.2) is 5.60 Å². The molecule has 4 aliphatic heterocycles. The molecule has 9 nitrogen and oxygen atoms in total. The maximum Gasteiger partial charge on any atom is 0.264 e. The first-order chi connectivity index (χ1) is 24.4. The van der Waals surface area contributed by atoms with Crippen molar-refractivity contribution in [1.82, 2.24) is 10.2 Å². The van der Waals surface area contributed by atoms with Crippen LogP contribution in [0.2, 0.25) is 23.7 Å². The molecule has 4 heterocycles. The number of hydrogen-bond donors (Lipinski definition) is 3. The molecule has 2 fully saturated rings. The van der Waals surface area contributed by atoms with Gasteiger partial charge in [-0.05, 0) is 85.9 Å². The minimum Gasteiger partial charge on any atom is -0.394 e. The van der Waals surface area contributed by atoms with Gasteiger partial charge in [-0.1, -0.05) is 54.9 Å². The number of piperidine rings is 1. The number of carbonyl (C=O) groups is 3. The lowest BCUT2D eigenvalue weighted by atomic mass is 9.82. The van der Waals surface area contributed by atoms with Gasteiger partial charge in [-0.15, -0.1) is 0 Å². The van der Waals surface area contributed by atoms with Crippen molar-refractivity contribution >= 4 is 49.1 Å². The lowest BCUT2D eigenvalue weighted by Crippen LogP contribution is -2.48. The molecular weight excluding hydrogens is 687 g/mol. The molecule has 6 atom stereocenters. The SMILES string of the molecule is C[C@H]1[C@H]([Si](C)(C)F)[C@@H](CC(=O)N2Cc3ccccc3C[C@H]2CO)O[C@]12C(=O)N(Cc1cccc(NC(=O)C3CCCNC3)c1)c1ccc(Cl)cc12. The van der Waals surface area contributed by atoms with Crippen molar-refractivity contribution in [3.63, 3.8) is 0 Å². The number of hydrogen-bond acceptors (Lipinski definition) is 6. The van der Waals surface area contributed by atoms with E-state index < -0.39 is 37.6 Å². The monoisotopic (exact) mass is 732 g/mol. The van der Waals surface area contributed by atoms with E-state index in [-0.39, 0.29) is 43.2 Å². The van der Waals surface area contributed by atoms with Crippen LogP contribution in [0.15, 0.2) is 66.7 Å². The summed E-state index contributed by atoms with van der Waals surface area (Å²) in [6, 6.07) is 20.2. The maximum absolute atomic E-state index is 16.5. The fourth-order valence-corrected chi connectivity index (χ4v) is 11.6. The number of nitrogens with one attached hydrogen (secondary N) is 2. The normalized spacial score (nSPS) is 27.4. The first-order valence-corrected chi connectivity index (χ1v) is 21.3. The van der Waals surface area contributed by atoms with E-state index in [0.29, 0.717) is 41.5 Å². The molecule has 1 spiro atoms. The van der Waals surface area contributed by atoms with Crippen molar-refractivity contribution in [2.75, 3.05) is 29.9 Å². The second-order valence-electron chi connectivity index (χ2n) is 15.1. The number of halogens is 2. The number of ether oxygens (including phenoxy) is 1. The molecule has 3 aromatic rings. The summed E-state index contributed by atoms with van der Waals surface area (Å²) in [5.74, 6) is -1.29. The molecule has 7 rings (SSSR count). The maximum atomic E-state index is 16.5. The van der Waals surface area contributed by atoms with Crippen LogP contribution in [0.25, 0.3) is 0 Å². The number of aliphatic hydroxyl groups is 1. The summed E-state index contributed by atoms with van der Waals surface area (Å²) in [5.41, 5.74) is 2.54. The second kappa shape index (κ2) is 14.1. The molecule has 0 aromatic heterocycles. The number of aliphatic hydroxyl groups excluding tert-OH is 1. The predicted octanol–water partition coefficient (Wildman–Crippen LogP) is 5.94. The van der Waals surface area contributed by atoms with E-state index >= 15 is 4.11 Å². The Bertz CT molecular complexity index is 1830. The Labute approximate surface area is 304 Å².